The third-order valence-corrected chi connectivity index (χ3v) is 8.78. The summed E-state index contributed by atoms with van der Waals surface area (Å²) in [6.45, 7) is 1.35. The molecule has 4 N–H and O–H groups in total. The van der Waals surface area contributed by atoms with Gasteiger partial charge in [-0.1, -0.05) is 29.8 Å². The minimum absolute atomic E-state index is 0.113. The van der Waals surface area contributed by atoms with Crippen LogP contribution >= 0.6 is 22.9 Å². The number of hydrogen-bond donors (Lipinski definition) is 4. The highest BCUT2D eigenvalue weighted by Gasteiger charge is 2.48. The lowest BCUT2D eigenvalue weighted by molar-refractivity contribution is -0.137. The van der Waals surface area contributed by atoms with E-state index in [1.165, 1.54) is 33.0 Å². The smallest absolute Gasteiger partial charge is 0.252 e. The van der Waals surface area contributed by atoms with E-state index in [9.17, 15) is 15.0 Å². The highest BCUT2D eigenvalue weighted by atomic mass is 35.5. The van der Waals surface area contributed by atoms with Crippen molar-refractivity contribution in [2.45, 2.75) is 56.4 Å². The molecule has 5 aromatic rings. The molecular weight excluding hydrogens is 566 g/mol. The average Bonchev–Trinajstić information content (AvgIpc) is 3.25. The van der Waals surface area contributed by atoms with E-state index in [2.05, 4.69) is 54.5 Å². The van der Waals surface area contributed by atoms with Crippen molar-refractivity contribution in [2.24, 2.45) is 0 Å². The van der Waals surface area contributed by atoms with Crippen LogP contribution in [0.25, 0.3) is 22.1 Å². The summed E-state index contributed by atoms with van der Waals surface area (Å²) in [7, 11) is 0. The molecule has 1 saturated heterocycles. The highest BCUT2D eigenvalue weighted by molar-refractivity contribution is 7.16. The van der Waals surface area contributed by atoms with Gasteiger partial charge in [-0.25, -0.2) is 15.0 Å². The lowest BCUT2D eigenvalue weighted by Crippen LogP contribution is -2.43. The number of fused-ring (bicyclic) bond motifs is 2. The van der Waals surface area contributed by atoms with E-state index in [4.69, 9.17) is 16.3 Å². The summed E-state index contributed by atoms with van der Waals surface area (Å²) in [6.07, 6.45) is 2.77. The highest BCUT2D eigenvalue weighted by Crippen LogP contribution is 2.33. The number of halogens is 1. The first-order valence-corrected chi connectivity index (χ1v) is 14.7. The number of imidazole rings is 1. The molecule has 2 fully saturated rings. The van der Waals surface area contributed by atoms with E-state index >= 15 is 0 Å². The Hall–Kier alpha value is -3.55. The topological polar surface area (TPSA) is 139 Å². The first kappa shape index (κ1) is 26.4. The van der Waals surface area contributed by atoms with Crippen molar-refractivity contribution in [3.63, 3.8) is 0 Å². The van der Waals surface area contributed by atoms with Crippen LogP contribution in [0.4, 0.5) is 5.82 Å². The number of hydrogen-bond acceptors (Lipinski definition) is 9. The van der Waals surface area contributed by atoms with Gasteiger partial charge in [-0.2, -0.15) is 0 Å². The molecule has 4 aromatic heterocycles. The Morgan fingerprint density at radius 1 is 1.12 bits per heavy atom. The van der Waals surface area contributed by atoms with Crippen molar-refractivity contribution in [3.05, 3.63) is 70.0 Å². The van der Waals surface area contributed by atoms with Crippen molar-refractivity contribution in [1.82, 2.24) is 29.4 Å². The van der Waals surface area contributed by atoms with Crippen molar-refractivity contribution in [2.75, 3.05) is 11.9 Å². The first-order valence-electron chi connectivity index (χ1n) is 13.5. The molecule has 0 spiro atoms. The number of rotatable bonds is 9. The van der Waals surface area contributed by atoms with Gasteiger partial charge < -0.3 is 30.2 Å². The standard InChI is InChI=1S/C28H28ClN7O4S/c29-20-8-7-17(41-20)12-35-11-15(18-3-1-2-4-19(18)35)9-10-30-25-21-26(32-13-31-25)36(14-33-21)28-23(38)22(37)24(40-28)27(39)34-16-5-6-16/h1-4,7-8,11,13-14,16,22-24,28,37-38H,5-6,9-10,12H2,(H,34,39)(H,30,31,32)/t22-,23+,24-,28+/m0/s1. The van der Waals surface area contributed by atoms with E-state index in [-0.39, 0.29) is 6.04 Å². The molecule has 1 aliphatic heterocycles. The van der Waals surface area contributed by atoms with Crippen LogP contribution in [0.3, 0.4) is 0 Å². The Bertz CT molecular complexity index is 1730. The number of aliphatic hydroxyl groups is 2. The molecule has 1 aromatic carbocycles. The molecule has 4 atom stereocenters. The summed E-state index contributed by atoms with van der Waals surface area (Å²) in [5.74, 6) is 0.116. The number of aromatic nitrogens is 5. The monoisotopic (exact) mass is 593 g/mol. The Kier molecular flexibility index (Phi) is 6.87. The fraction of sp³-hybridized carbons (Fsp3) is 0.357. The van der Waals surface area contributed by atoms with Gasteiger partial charge in [0.25, 0.3) is 5.91 Å². The Labute approximate surface area is 243 Å². The van der Waals surface area contributed by atoms with Crippen LogP contribution in [0.15, 0.2) is 55.2 Å². The Balaban J connectivity index is 1.07. The zero-order chi connectivity index (χ0) is 28.1. The molecule has 41 heavy (non-hydrogen) atoms. The van der Waals surface area contributed by atoms with Crippen LogP contribution in [-0.2, 0) is 22.5 Å². The number of thiophene rings is 1. The first-order chi connectivity index (χ1) is 20.0. The Morgan fingerprint density at radius 3 is 2.78 bits per heavy atom. The van der Waals surface area contributed by atoms with Gasteiger partial charge in [0.05, 0.1) is 17.2 Å². The molecule has 7 rings (SSSR count). The predicted octanol–water partition coefficient (Wildman–Crippen LogP) is 3.10. The SMILES string of the molecule is O=C(NC1CC1)[C@H]1O[C@@H](n2cnc3c(NCCc4cn(Cc5ccc(Cl)s5)c5ccccc45)ncnc32)[C@H](O)[C@@H]1O. The molecule has 13 heteroatoms. The maximum absolute atomic E-state index is 12.5. The van der Waals surface area contributed by atoms with Crippen molar-refractivity contribution < 1.29 is 19.7 Å². The quantitative estimate of drug-likeness (QED) is 0.204. The fourth-order valence-corrected chi connectivity index (χ4v) is 6.44. The molecule has 11 nitrogen and oxygen atoms in total. The van der Waals surface area contributed by atoms with E-state index < -0.39 is 30.4 Å². The zero-order valence-corrected chi connectivity index (χ0v) is 23.4. The van der Waals surface area contributed by atoms with Gasteiger partial charge in [0, 0.05) is 34.6 Å². The lowest BCUT2D eigenvalue weighted by Gasteiger charge is -2.16. The van der Waals surface area contributed by atoms with Gasteiger partial charge in [0.2, 0.25) is 0 Å². The molecule has 5 heterocycles. The molecule has 1 amide bonds. The summed E-state index contributed by atoms with van der Waals surface area (Å²) >= 11 is 7.73. The molecule has 1 aliphatic carbocycles. The average molecular weight is 594 g/mol. The summed E-state index contributed by atoms with van der Waals surface area (Å²) in [6, 6.07) is 12.4. The normalized spacial score (nSPS) is 22.5. The molecule has 2 aliphatic rings. The predicted molar refractivity (Wildman–Crippen MR) is 155 cm³/mol. The number of carbonyl (C=O) groups excluding carboxylic acids is 1. The van der Waals surface area contributed by atoms with Gasteiger partial charge >= 0.3 is 0 Å². The van der Waals surface area contributed by atoms with Gasteiger partial charge in [-0.05, 0) is 43.0 Å². The third kappa shape index (κ3) is 5.06. The second kappa shape index (κ2) is 10.7. The van der Waals surface area contributed by atoms with Crippen LogP contribution in [0.2, 0.25) is 4.34 Å². The van der Waals surface area contributed by atoms with E-state index in [0.717, 1.165) is 35.7 Å². The van der Waals surface area contributed by atoms with Crippen LogP contribution in [0.5, 0.6) is 0 Å². The minimum Gasteiger partial charge on any atom is -0.387 e. The largest absolute Gasteiger partial charge is 0.387 e. The Morgan fingerprint density at radius 2 is 1.98 bits per heavy atom. The number of carbonyl (C=O) groups is 1. The lowest BCUT2D eigenvalue weighted by atomic mass is 10.1. The van der Waals surface area contributed by atoms with Gasteiger partial charge in [-0.15, -0.1) is 11.3 Å². The van der Waals surface area contributed by atoms with Crippen LogP contribution in [0.1, 0.15) is 29.5 Å². The van der Waals surface area contributed by atoms with E-state index in [0.29, 0.717) is 23.5 Å². The molecule has 1 saturated carbocycles. The van der Waals surface area contributed by atoms with Gasteiger partial charge in [-0.3, -0.25) is 9.36 Å². The second-order valence-electron chi connectivity index (χ2n) is 10.4. The van der Waals surface area contributed by atoms with Gasteiger partial charge in [0.15, 0.2) is 29.3 Å². The third-order valence-electron chi connectivity index (χ3n) is 7.57. The number of benzene rings is 1. The van der Waals surface area contributed by atoms with Crippen molar-refractivity contribution >= 4 is 56.7 Å². The zero-order valence-electron chi connectivity index (χ0n) is 21.9. The minimum atomic E-state index is -1.37. The maximum Gasteiger partial charge on any atom is 0.252 e. The summed E-state index contributed by atoms with van der Waals surface area (Å²) < 4.78 is 10.4. The van der Waals surface area contributed by atoms with E-state index in [1.807, 2.05) is 18.2 Å². The number of amides is 1. The number of para-hydroxylation sites is 1. The van der Waals surface area contributed by atoms with Gasteiger partial charge in [0.1, 0.15) is 18.5 Å². The maximum atomic E-state index is 12.5. The number of anilines is 1. The van der Waals surface area contributed by atoms with Crippen LogP contribution in [0, 0.1) is 0 Å². The number of ether oxygens (including phenoxy) is 1. The molecular formula is C28H28ClN7O4S. The second-order valence-corrected chi connectivity index (χ2v) is 12.2. The number of aliphatic hydroxyl groups excluding tert-OH is 2. The van der Waals surface area contributed by atoms with Crippen molar-refractivity contribution in [1.29, 1.82) is 0 Å². The van der Waals surface area contributed by atoms with Crippen LogP contribution < -0.4 is 10.6 Å². The summed E-state index contributed by atoms with van der Waals surface area (Å²) in [4.78, 5) is 26.9. The molecule has 0 radical (unpaired) electrons. The molecule has 0 unspecified atom stereocenters. The number of nitrogens with one attached hydrogen (secondary N) is 2. The van der Waals surface area contributed by atoms with Crippen molar-refractivity contribution in [3.8, 4) is 0 Å². The number of nitrogens with zero attached hydrogens (tertiary/aromatic N) is 5. The van der Waals surface area contributed by atoms with E-state index in [1.54, 1.807) is 11.3 Å². The summed E-state index contributed by atoms with van der Waals surface area (Å²) in [5.41, 5.74) is 3.30. The molecule has 0 bridgehead atoms. The fourth-order valence-electron chi connectivity index (χ4n) is 5.36. The molecule has 212 valence electrons. The van der Waals surface area contributed by atoms with Crippen LogP contribution in [-0.4, -0.2) is 71.1 Å². The summed E-state index contributed by atoms with van der Waals surface area (Å²) in [5, 5.41) is 28.6.